The normalized spacial score (nSPS) is 11.3. The quantitative estimate of drug-likeness (QED) is 0.244. The molecule has 0 unspecified atom stereocenters. The third-order valence-electron chi connectivity index (χ3n) is 4.30. The predicted octanol–water partition coefficient (Wildman–Crippen LogP) is 3.60. The molecule has 0 aliphatic rings. The van der Waals surface area contributed by atoms with Gasteiger partial charge in [-0.2, -0.15) is 13.5 Å². The van der Waals surface area contributed by atoms with Crippen LogP contribution in [-0.2, 0) is 17.2 Å². The van der Waals surface area contributed by atoms with E-state index >= 15 is 0 Å². The summed E-state index contributed by atoms with van der Waals surface area (Å²) in [6, 6.07) is 9.54. The summed E-state index contributed by atoms with van der Waals surface area (Å²) in [7, 11) is -2.88. The molecule has 0 saturated carbocycles. The van der Waals surface area contributed by atoms with Gasteiger partial charge in [-0.25, -0.2) is 4.68 Å². The zero-order valence-electron chi connectivity index (χ0n) is 16.1. The number of hydrogen-bond donors (Lipinski definition) is 0. The van der Waals surface area contributed by atoms with E-state index in [4.69, 9.17) is 15.8 Å². The highest BCUT2D eigenvalue weighted by Gasteiger charge is 2.31. The van der Waals surface area contributed by atoms with Gasteiger partial charge in [-0.1, -0.05) is 29.3 Å². The lowest BCUT2D eigenvalue weighted by molar-refractivity contribution is -0.385. The number of hydrogen-bond acceptors (Lipinski definition) is 7. The van der Waals surface area contributed by atoms with Crippen molar-refractivity contribution in [3.63, 3.8) is 0 Å². The van der Waals surface area contributed by atoms with Crippen molar-refractivity contribution >= 4 is 33.2 Å². The van der Waals surface area contributed by atoms with Gasteiger partial charge in [0, 0.05) is 18.1 Å². The molecule has 0 spiro atoms. The zero-order valence-corrected chi connectivity index (χ0v) is 17.7. The Kier molecular flexibility index (Phi) is 5.64. The number of rotatable bonds is 6. The molecule has 0 N–H and O–H groups in total. The van der Waals surface area contributed by atoms with Crippen molar-refractivity contribution in [1.29, 1.82) is 0 Å². The molecule has 1 aromatic heterocycles. The van der Waals surface area contributed by atoms with E-state index in [0.717, 1.165) is 16.3 Å². The smallest absolute Gasteiger partial charge is 0.340 e. The number of halogens is 1. The molecule has 0 saturated heterocycles. The van der Waals surface area contributed by atoms with Gasteiger partial charge in [0.15, 0.2) is 0 Å². The monoisotopic (exact) mass is 449 g/mol. The maximum absolute atomic E-state index is 13.1. The number of nitro groups is 1. The minimum absolute atomic E-state index is 0.0829. The molecule has 30 heavy (non-hydrogen) atoms. The molecule has 2 aromatic carbocycles. The van der Waals surface area contributed by atoms with Crippen LogP contribution in [0.2, 0.25) is 5.02 Å². The summed E-state index contributed by atoms with van der Waals surface area (Å²) in [5, 5.41) is 15.5. The first-order valence-corrected chi connectivity index (χ1v) is 10.3. The van der Waals surface area contributed by atoms with Crippen LogP contribution in [0.5, 0.6) is 5.88 Å². The lowest BCUT2D eigenvalue weighted by Crippen LogP contribution is -2.15. The van der Waals surface area contributed by atoms with Gasteiger partial charge in [0.2, 0.25) is 11.7 Å². The summed E-state index contributed by atoms with van der Waals surface area (Å²) < 4.78 is 31.7. The van der Waals surface area contributed by atoms with E-state index in [1.165, 1.54) is 38.2 Å². The average Bonchev–Trinajstić information content (AvgIpc) is 2.94. The second-order valence-electron chi connectivity index (χ2n) is 6.49. The van der Waals surface area contributed by atoms with E-state index in [9.17, 15) is 23.3 Å². The number of ketones is 1. The number of carbonyl (C=O) groups is 1. The Bertz CT molecular complexity index is 1270. The van der Waals surface area contributed by atoms with Crippen molar-refractivity contribution in [2.45, 2.75) is 18.7 Å². The van der Waals surface area contributed by atoms with E-state index in [2.05, 4.69) is 5.10 Å². The number of aryl methyl sites for hydroxylation is 3. The lowest BCUT2D eigenvalue weighted by Gasteiger charge is -2.10. The highest BCUT2D eigenvalue weighted by Crippen LogP contribution is 2.31. The molecule has 0 fully saturated rings. The maximum Gasteiger partial charge on any atom is 0.340 e. The Morgan fingerprint density at radius 1 is 1.17 bits per heavy atom. The molecule has 156 valence electrons. The third-order valence-corrected chi connectivity index (χ3v) is 5.76. The number of carbonyl (C=O) groups excluding carboxylic acids is 1. The Labute approximate surface area is 177 Å². The van der Waals surface area contributed by atoms with Crippen LogP contribution in [0.25, 0.3) is 0 Å². The van der Waals surface area contributed by atoms with Crippen molar-refractivity contribution in [2.75, 3.05) is 0 Å². The van der Waals surface area contributed by atoms with Crippen LogP contribution in [0.4, 0.5) is 5.69 Å². The fourth-order valence-electron chi connectivity index (χ4n) is 2.83. The molecule has 0 radical (unpaired) electrons. The van der Waals surface area contributed by atoms with Crippen LogP contribution in [0.1, 0.15) is 27.2 Å². The summed E-state index contributed by atoms with van der Waals surface area (Å²) in [4.78, 5) is 23.7. The second-order valence-corrected chi connectivity index (χ2v) is 8.47. The van der Waals surface area contributed by atoms with Gasteiger partial charge in [-0.05, 0) is 38.1 Å². The van der Waals surface area contributed by atoms with Gasteiger partial charge in [-0.3, -0.25) is 14.9 Å². The van der Waals surface area contributed by atoms with Crippen molar-refractivity contribution in [3.8, 4) is 5.88 Å². The molecule has 0 aliphatic carbocycles. The first kappa shape index (κ1) is 21.5. The first-order chi connectivity index (χ1) is 14.0. The number of benzene rings is 2. The predicted molar refractivity (Wildman–Crippen MR) is 108 cm³/mol. The van der Waals surface area contributed by atoms with Gasteiger partial charge in [-0.15, -0.1) is 0 Å². The van der Waals surface area contributed by atoms with E-state index < -0.39 is 26.5 Å². The number of nitro benzene ring substituents is 1. The van der Waals surface area contributed by atoms with Crippen LogP contribution in [0, 0.1) is 24.0 Å². The molecule has 11 heteroatoms. The molecule has 0 atom stereocenters. The van der Waals surface area contributed by atoms with E-state index in [-0.39, 0.29) is 32.6 Å². The summed E-state index contributed by atoms with van der Waals surface area (Å²) in [6.07, 6.45) is 0. The van der Waals surface area contributed by atoms with Crippen molar-refractivity contribution in [3.05, 3.63) is 80.0 Å². The summed E-state index contributed by atoms with van der Waals surface area (Å²) in [5.41, 5.74) is 0.0388. The molecular weight excluding hydrogens is 434 g/mol. The standard InChI is InChI=1S/C19H16ClN3O6S/c1-11-4-7-14(8-5-11)30(27,28)29-19-17(12(2)21-22(19)3)18(24)15-9-6-13(20)10-16(15)23(25)26/h4-10H,1-3H3. The summed E-state index contributed by atoms with van der Waals surface area (Å²) >= 11 is 5.81. The largest absolute Gasteiger partial charge is 0.358 e. The molecule has 0 aliphatic heterocycles. The van der Waals surface area contributed by atoms with E-state index in [1.807, 2.05) is 0 Å². The summed E-state index contributed by atoms with van der Waals surface area (Å²) in [5.74, 6) is -1.15. The lowest BCUT2D eigenvalue weighted by atomic mass is 10.0. The van der Waals surface area contributed by atoms with E-state index in [1.54, 1.807) is 19.1 Å². The highest BCUT2D eigenvalue weighted by atomic mass is 35.5. The molecule has 1 heterocycles. The average molecular weight is 450 g/mol. The molecular formula is C19H16ClN3O6S. The fraction of sp³-hybridized carbons (Fsp3) is 0.158. The van der Waals surface area contributed by atoms with Crippen LogP contribution < -0.4 is 4.18 Å². The highest BCUT2D eigenvalue weighted by molar-refractivity contribution is 7.87. The molecule has 9 nitrogen and oxygen atoms in total. The van der Waals surface area contributed by atoms with Crippen LogP contribution in [-0.4, -0.2) is 28.9 Å². The van der Waals surface area contributed by atoms with Crippen LogP contribution in [0.3, 0.4) is 0 Å². The zero-order chi connectivity index (χ0) is 22.2. The van der Waals surface area contributed by atoms with Crippen molar-refractivity contribution < 1.29 is 22.3 Å². The maximum atomic E-state index is 13.1. The van der Waals surface area contributed by atoms with Gasteiger partial charge in [0.25, 0.3) is 5.69 Å². The molecule has 3 rings (SSSR count). The first-order valence-electron chi connectivity index (χ1n) is 8.54. The Morgan fingerprint density at radius 3 is 2.40 bits per heavy atom. The van der Waals surface area contributed by atoms with Crippen molar-refractivity contribution in [1.82, 2.24) is 9.78 Å². The molecule has 3 aromatic rings. The number of aromatic nitrogens is 2. The van der Waals surface area contributed by atoms with Gasteiger partial charge >= 0.3 is 10.1 Å². The Hall–Kier alpha value is -3.24. The van der Waals surface area contributed by atoms with Crippen molar-refractivity contribution in [2.24, 2.45) is 7.05 Å². The van der Waals surface area contributed by atoms with Crippen LogP contribution >= 0.6 is 11.6 Å². The second kappa shape index (κ2) is 7.88. The van der Waals surface area contributed by atoms with E-state index in [0.29, 0.717) is 0 Å². The molecule has 0 amide bonds. The minimum Gasteiger partial charge on any atom is -0.358 e. The summed E-state index contributed by atoms with van der Waals surface area (Å²) in [6.45, 7) is 3.28. The topological polar surface area (TPSA) is 121 Å². The third kappa shape index (κ3) is 4.05. The van der Waals surface area contributed by atoms with Gasteiger partial charge in [0.05, 0.1) is 10.6 Å². The SMILES string of the molecule is Cc1ccc(S(=O)(=O)Oc2c(C(=O)c3ccc(Cl)cc3[N+](=O)[O-])c(C)nn2C)cc1. The fourth-order valence-corrected chi connectivity index (χ4v) is 3.96. The Morgan fingerprint density at radius 2 is 1.80 bits per heavy atom. The van der Waals surface area contributed by atoms with Gasteiger partial charge in [0.1, 0.15) is 16.0 Å². The van der Waals surface area contributed by atoms with Gasteiger partial charge < -0.3 is 4.18 Å². The van der Waals surface area contributed by atoms with Crippen LogP contribution in [0.15, 0.2) is 47.4 Å². The minimum atomic E-state index is -4.28. The Balaban J connectivity index is 2.10. The molecule has 0 bridgehead atoms. The number of nitrogens with zero attached hydrogens (tertiary/aromatic N) is 3.